The van der Waals surface area contributed by atoms with Crippen molar-refractivity contribution in [1.29, 1.82) is 0 Å². The molecule has 0 radical (unpaired) electrons. The minimum Gasteiger partial charge on any atom is -0.296 e. The van der Waals surface area contributed by atoms with Crippen molar-refractivity contribution in [1.82, 2.24) is 20.0 Å². The second-order valence-electron chi connectivity index (χ2n) is 2.54. The van der Waals surface area contributed by atoms with E-state index in [9.17, 15) is 9.18 Å². The Bertz CT molecular complexity index is 451. The van der Waals surface area contributed by atoms with Gasteiger partial charge in [-0.05, 0) is 12.1 Å². The van der Waals surface area contributed by atoms with Gasteiger partial charge in [0.15, 0.2) is 12.1 Å². The molecule has 0 N–H and O–H groups in total. The van der Waals surface area contributed by atoms with Crippen molar-refractivity contribution in [2.75, 3.05) is 0 Å². The lowest BCUT2D eigenvalue weighted by Crippen LogP contribution is -1.97. The molecule has 0 bridgehead atoms. The second kappa shape index (κ2) is 3.33. The van der Waals surface area contributed by atoms with Gasteiger partial charge in [0.25, 0.3) is 0 Å². The van der Waals surface area contributed by atoms with Gasteiger partial charge < -0.3 is 0 Å². The average molecular weight is 192 g/mol. The second-order valence-corrected chi connectivity index (χ2v) is 2.54. The Morgan fingerprint density at radius 3 is 2.86 bits per heavy atom. The minimum atomic E-state index is -0.426. The smallest absolute Gasteiger partial charge is 0.171 e. The summed E-state index contributed by atoms with van der Waals surface area (Å²) in [6.07, 6.45) is 3.05. The van der Waals surface area contributed by atoms with Crippen molar-refractivity contribution in [3.8, 4) is 5.82 Å². The first kappa shape index (κ1) is 8.49. The Morgan fingerprint density at radius 2 is 2.29 bits per heavy atom. The Balaban J connectivity index is 2.39. The predicted octanol–water partition coefficient (Wildman–Crippen LogP) is 0.614. The summed E-state index contributed by atoms with van der Waals surface area (Å²) in [5, 5.41) is 7.18. The zero-order chi connectivity index (χ0) is 9.97. The summed E-state index contributed by atoms with van der Waals surface area (Å²) in [4.78, 5) is 14.1. The summed E-state index contributed by atoms with van der Waals surface area (Å²) in [7, 11) is 0. The van der Waals surface area contributed by atoms with E-state index in [1.807, 2.05) is 0 Å². The van der Waals surface area contributed by atoms with Crippen LogP contribution in [0, 0.1) is 5.82 Å². The van der Waals surface area contributed by atoms with Gasteiger partial charge in [-0.2, -0.15) is 0 Å². The molecule has 0 atom stereocenters. The number of carbonyl (C=O) groups is 1. The Hall–Kier alpha value is -2.11. The van der Waals surface area contributed by atoms with Crippen LogP contribution in [0.15, 0.2) is 24.5 Å². The van der Waals surface area contributed by atoms with Crippen LogP contribution in [0.4, 0.5) is 4.39 Å². The van der Waals surface area contributed by atoms with Gasteiger partial charge in [0.05, 0.1) is 12.4 Å². The fraction of sp³-hybridized carbons (Fsp3) is 0. The molecule has 6 heteroatoms. The summed E-state index contributed by atoms with van der Waals surface area (Å²) in [6, 6.07) is 2.70. The fourth-order valence-electron chi connectivity index (χ4n) is 0.946. The zero-order valence-corrected chi connectivity index (χ0v) is 6.96. The molecule has 14 heavy (non-hydrogen) atoms. The third-order valence-corrected chi connectivity index (χ3v) is 1.58. The molecule has 0 unspecified atom stereocenters. The van der Waals surface area contributed by atoms with Crippen molar-refractivity contribution in [2.24, 2.45) is 0 Å². The van der Waals surface area contributed by atoms with Crippen LogP contribution in [0.3, 0.4) is 0 Å². The van der Waals surface area contributed by atoms with Crippen molar-refractivity contribution >= 4 is 6.29 Å². The van der Waals surface area contributed by atoms with E-state index in [0.717, 1.165) is 6.20 Å². The van der Waals surface area contributed by atoms with Crippen molar-refractivity contribution < 1.29 is 9.18 Å². The van der Waals surface area contributed by atoms with Crippen LogP contribution in [0.5, 0.6) is 0 Å². The molecule has 0 aliphatic heterocycles. The molecule has 0 aromatic carbocycles. The van der Waals surface area contributed by atoms with Crippen LogP contribution < -0.4 is 0 Å². The van der Waals surface area contributed by atoms with E-state index in [2.05, 4.69) is 15.3 Å². The normalized spacial score (nSPS) is 10.1. The molecule has 0 spiro atoms. The number of hydrogen-bond acceptors (Lipinski definition) is 4. The lowest BCUT2D eigenvalue weighted by atomic mass is 10.4. The highest BCUT2D eigenvalue weighted by molar-refractivity contribution is 5.70. The maximum absolute atomic E-state index is 12.5. The van der Waals surface area contributed by atoms with Gasteiger partial charge in [0.2, 0.25) is 0 Å². The molecule has 0 aliphatic rings. The van der Waals surface area contributed by atoms with E-state index in [0.29, 0.717) is 12.1 Å². The number of nitrogens with zero attached hydrogens (tertiary/aromatic N) is 4. The summed E-state index contributed by atoms with van der Waals surface area (Å²) < 4.78 is 13.8. The third-order valence-electron chi connectivity index (χ3n) is 1.58. The predicted molar refractivity (Wildman–Crippen MR) is 44.5 cm³/mol. The van der Waals surface area contributed by atoms with E-state index < -0.39 is 5.82 Å². The SMILES string of the molecule is O=Cc1cn(-c2ccc(F)cn2)nn1. The number of hydrogen-bond donors (Lipinski definition) is 0. The molecule has 2 aromatic heterocycles. The highest BCUT2D eigenvalue weighted by Crippen LogP contribution is 2.03. The molecule has 2 rings (SSSR count). The molecule has 0 saturated heterocycles. The van der Waals surface area contributed by atoms with Crippen LogP contribution in [-0.2, 0) is 0 Å². The zero-order valence-electron chi connectivity index (χ0n) is 6.96. The van der Waals surface area contributed by atoms with Crippen LogP contribution >= 0.6 is 0 Å². The van der Waals surface area contributed by atoms with E-state index in [1.54, 1.807) is 0 Å². The van der Waals surface area contributed by atoms with Gasteiger partial charge in [-0.25, -0.2) is 14.1 Å². The number of rotatable bonds is 2. The number of carbonyl (C=O) groups excluding carboxylic acids is 1. The minimum absolute atomic E-state index is 0.205. The van der Waals surface area contributed by atoms with E-state index in [4.69, 9.17) is 0 Å². The van der Waals surface area contributed by atoms with Crippen LogP contribution in [-0.4, -0.2) is 26.3 Å². The lowest BCUT2D eigenvalue weighted by molar-refractivity contribution is 0.111. The van der Waals surface area contributed by atoms with Crippen LogP contribution in [0.1, 0.15) is 10.5 Å². The summed E-state index contributed by atoms with van der Waals surface area (Å²) in [5.74, 6) is -0.0172. The van der Waals surface area contributed by atoms with Gasteiger partial charge >= 0.3 is 0 Å². The topological polar surface area (TPSA) is 60.7 Å². The van der Waals surface area contributed by atoms with Gasteiger partial charge in [-0.1, -0.05) is 5.21 Å². The molecule has 0 fully saturated rings. The van der Waals surface area contributed by atoms with E-state index in [1.165, 1.54) is 23.0 Å². The molecule has 0 amide bonds. The van der Waals surface area contributed by atoms with Gasteiger partial charge in [-0.3, -0.25) is 4.79 Å². The van der Waals surface area contributed by atoms with Gasteiger partial charge in [0, 0.05) is 0 Å². The first-order chi connectivity index (χ1) is 6.79. The number of halogens is 1. The molecule has 0 aliphatic carbocycles. The summed E-state index contributed by atoms with van der Waals surface area (Å²) in [5.41, 5.74) is 0.205. The molecule has 2 aromatic rings. The number of aldehydes is 1. The molecular formula is C8H5FN4O. The van der Waals surface area contributed by atoms with Crippen molar-refractivity contribution in [3.05, 3.63) is 36.0 Å². The van der Waals surface area contributed by atoms with Crippen LogP contribution in [0.2, 0.25) is 0 Å². The molecular weight excluding hydrogens is 187 g/mol. The van der Waals surface area contributed by atoms with E-state index in [-0.39, 0.29) is 5.69 Å². The molecule has 0 saturated carbocycles. The highest BCUT2D eigenvalue weighted by Gasteiger charge is 2.02. The average Bonchev–Trinajstić information content (AvgIpc) is 2.67. The van der Waals surface area contributed by atoms with Gasteiger partial charge in [0.1, 0.15) is 11.5 Å². The maximum atomic E-state index is 12.5. The molecule has 70 valence electrons. The van der Waals surface area contributed by atoms with Crippen molar-refractivity contribution in [3.63, 3.8) is 0 Å². The first-order valence-corrected chi connectivity index (χ1v) is 3.79. The van der Waals surface area contributed by atoms with Gasteiger partial charge in [-0.15, -0.1) is 5.10 Å². The lowest BCUT2D eigenvalue weighted by Gasteiger charge is -1.96. The largest absolute Gasteiger partial charge is 0.296 e. The molecule has 5 nitrogen and oxygen atoms in total. The molecule has 2 heterocycles. The number of aromatic nitrogens is 4. The highest BCUT2D eigenvalue weighted by atomic mass is 19.1. The quantitative estimate of drug-likeness (QED) is 0.654. The Kier molecular flexibility index (Phi) is 2.02. The third kappa shape index (κ3) is 1.49. The summed E-state index contributed by atoms with van der Waals surface area (Å²) in [6.45, 7) is 0. The van der Waals surface area contributed by atoms with Crippen molar-refractivity contribution in [2.45, 2.75) is 0 Å². The maximum Gasteiger partial charge on any atom is 0.171 e. The monoisotopic (exact) mass is 192 g/mol. The Labute approximate surface area is 78.2 Å². The fourth-order valence-corrected chi connectivity index (χ4v) is 0.946. The van der Waals surface area contributed by atoms with Crippen LogP contribution in [0.25, 0.3) is 5.82 Å². The van der Waals surface area contributed by atoms with E-state index >= 15 is 0 Å². The standard InChI is InChI=1S/C8H5FN4O/c9-6-1-2-8(10-3-6)13-4-7(5-14)11-12-13/h1-5H. The summed E-state index contributed by atoms with van der Waals surface area (Å²) >= 11 is 0. The number of pyridine rings is 1. The Morgan fingerprint density at radius 1 is 1.43 bits per heavy atom. The first-order valence-electron chi connectivity index (χ1n) is 3.79.